The average Bonchev–Trinajstić information content (AvgIpc) is 3.09. The molecule has 2 aromatic heterocycles. The van der Waals surface area contributed by atoms with Crippen LogP contribution in [0.25, 0.3) is 11.1 Å². The highest BCUT2D eigenvalue weighted by molar-refractivity contribution is 7.89. The van der Waals surface area contributed by atoms with Crippen LogP contribution < -0.4 is 5.73 Å². The Balaban J connectivity index is 1.70. The number of nitrogens with two attached hydrogens (primary N) is 1. The summed E-state index contributed by atoms with van der Waals surface area (Å²) in [5, 5.41) is 0.186. The van der Waals surface area contributed by atoms with Crippen LogP contribution in [0.1, 0.15) is 28.9 Å². The van der Waals surface area contributed by atoms with Gasteiger partial charge in [0, 0.05) is 7.05 Å². The van der Waals surface area contributed by atoms with E-state index in [1.54, 1.807) is 13.8 Å². The molecular formula is C20H21FN4O7S. The van der Waals surface area contributed by atoms with Gasteiger partial charge < -0.3 is 19.6 Å². The minimum absolute atomic E-state index is 0.0125. The zero-order valence-corrected chi connectivity index (χ0v) is 18.8. The lowest BCUT2D eigenvalue weighted by Crippen LogP contribution is -2.33. The molecule has 0 aliphatic carbocycles. The molecule has 0 aliphatic heterocycles. The average molecular weight is 480 g/mol. The number of carbonyl (C=O) groups excluding carboxylic acids is 2. The van der Waals surface area contributed by atoms with Gasteiger partial charge >= 0.3 is 11.9 Å². The number of nitrogens with zero attached hydrogens (tertiary/aromatic N) is 3. The first-order valence-corrected chi connectivity index (χ1v) is 11.1. The molecule has 3 aromatic rings. The fourth-order valence-corrected chi connectivity index (χ4v) is 4.06. The van der Waals surface area contributed by atoms with Gasteiger partial charge in [0.15, 0.2) is 12.4 Å². The molecule has 13 heteroatoms. The molecule has 0 bridgehead atoms. The largest absolute Gasteiger partial charge is 0.462 e. The topological polar surface area (TPSA) is 155 Å². The molecule has 0 saturated carbocycles. The summed E-state index contributed by atoms with van der Waals surface area (Å²) in [5.74, 6) is -1.94. The van der Waals surface area contributed by atoms with E-state index in [-0.39, 0.29) is 45.6 Å². The Labute approximate surface area is 188 Å². The fourth-order valence-electron chi connectivity index (χ4n) is 2.94. The number of nitrogen functional groups attached to an aromatic ring is 1. The first-order chi connectivity index (χ1) is 15.5. The number of rotatable bonds is 8. The molecular weight excluding hydrogens is 459 g/mol. The molecule has 0 spiro atoms. The van der Waals surface area contributed by atoms with Crippen molar-refractivity contribution in [3.8, 4) is 0 Å². The van der Waals surface area contributed by atoms with Crippen molar-refractivity contribution in [1.82, 2.24) is 14.3 Å². The number of aromatic nitrogens is 2. The van der Waals surface area contributed by atoms with Gasteiger partial charge in [0.25, 0.3) is 0 Å². The molecule has 0 atom stereocenters. The van der Waals surface area contributed by atoms with Crippen LogP contribution in [0.3, 0.4) is 0 Å². The van der Waals surface area contributed by atoms with Crippen LogP contribution in [0, 0.1) is 12.7 Å². The molecule has 33 heavy (non-hydrogen) atoms. The van der Waals surface area contributed by atoms with Gasteiger partial charge in [-0.1, -0.05) is 0 Å². The van der Waals surface area contributed by atoms with Crippen LogP contribution >= 0.6 is 0 Å². The molecule has 2 heterocycles. The third-order valence-electron chi connectivity index (χ3n) is 4.52. The summed E-state index contributed by atoms with van der Waals surface area (Å²) in [5.41, 5.74) is 6.08. The molecule has 0 fully saturated rings. The number of anilines is 1. The number of hydrogen-bond donors (Lipinski definition) is 1. The number of esters is 2. The van der Waals surface area contributed by atoms with E-state index in [4.69, 9.17) is 19.6 Å². The van der Waals surface area contributed by atoms with E-state index < -0.39 is 40.9 Å². The molecule has 0 radical (unpaired) electrons. The van der Waals surface area contributed by atoms with Crippen molar-refractivity contribution >= 4 is 38.9 Å². The van der Waals surface area contributed by atoms with E-state index in [1.807, 2.05) is 0 Å². The highest BCUT2D eigenvalue weighted by atomic mass is 32.2. The number of benzene rings is 1. The predicted octanol–water partition coefficient (Wildman–Crippen LogP) is 1.79. The molecule has 1 aromatic carbocycles. The summed E-state index contributed by atoms with van der Waals surface area (Å²) >= 11 is 0. The second-order valence-electron chi connectivity index (χ2n) is 6.83. The van der Waals surface area contributed by atoms with Gasteiger partial charge in [0.05, 0.1) is 16.9 Å². The number of likely N-dealkylation sites (N-methyl/N-ethyl adjacent to an activating group) is 1. The first-order valence-electron chi connectivity index (χ1n) is 9.64. The maximum atomic E-state index is 13.0. The molecule has 0 saturated heterocycles. The third kappa shape index (κ3) is 5.09. The molecule has 0 amide bonds. The van der Waals surface area contributed by atoms with E-state index in [9.17, 15) is 22.4 Å². The van der Waals surface area contributed by atoms with Gasteiger partial charge in [-0.2, -0.15) is 9.29 Å². The van der Waals surface area contributed by atoms with Crippen LogP contribution in [0.15, 0.2) is 33.6 Å². The molecule has 3 rings (SSSR count). The summed E-state index contributed by atoms with van der Waals surface area (Å²) in [4.78, 5) is 32.3. The Bertz CT molecular complexity index is 1310. The highest BCUT2D eigenvalue weighted by Gasteiger charge is 2.25. The van der Waals surface area contributed by atoms with Gasteiger partial charge in [-0.05, 0) is 38.1 Å². The van der Waals surface area contributed by atoms with Crippen LogP contribution in [0.5, 0.6) is 0 Å². The normalized spacial score (nSPS) is 11.7. The second kappa shape index (κ2) is 9.50. The minimum atomic E-state index is -4.03. The van der Waals surface area contributed by atoms with Crippen molar-refractivity contribution in [2.24, 2.45) is 0 Å². The summed E-state index contributed by atoms with van der Waals surface area (Å²) < 4.78 is 54.3. The van der Waals surface area contributed by atoms with Crippen molar-refractivity contribution in [1.29, 1.82) is 0 Å². The fraction of sp³-hybridized carbons (Fsp3) is 0.300. The first kappa shape index (κ1) is 24.1. The Morgan fingerprint density at radius 2 is 1.85 bits per heavy atom. The maximum Gasteiger partial charge on any atom is 0.342 e. The number of ether oxygens (including phenoxy) is 2. The Kier molecular flexibility index (Phi) is 6.93. The lowest BCUT2D eigenvalue weighted by atomic mass is 10.2. The summed E-state index contributed by atoms with van der Waals surface area (Å²) in [6.07, 6.45) is 0. The number of hydrogen-bond acceptors (Lipinski definition) is 10. The quantitative estimate of drug-likeness (QED) is 0.472. The second-order valence-corrected chi connectivity index (χ2v) is 8.88. The molecule has 176 valence electrons. The monoisotopic (exact) mass is 480 g/mol. The van der Waals surface area contributed by atoms with Gasteiger partial charge in [-0.15, -0.1) is 0 Å². The smallest absolute Gasteiger partial charge is 0.342 e. The van der Waals surface area contributed by atoms with Crippen LogP contribution in [0.2, 0.25) is 0 Å². The Morgan fingerprint density at radius 3 is 2.48 bits per heavy atom. The van der Waals surface area contributed by atoms with Crippen molar-refractivity contribution in [3.63, 3.8) is 0 Å². The number of halogens is 1. The van der Waals surface area contributed by atoms with Crippen molar-refractivity contribution in [3.05, 3.63) is 47.2 Å². The van der Waals surface area contributed by atoms with Gasteiger partial charge in [0.1, 0.15) is 29.5 Å². The molecule has 2 N–H and O–H groups in total. The highest BCUT2D eigenvalue weighted by Crippen LogP contribution is 2.29. The van der Waals surface area contributed by atoms with Crippen molar-refractivity contribution < 1.29 is 36.3 Å². The van der Waals surface area contributed by atoms with Crippen LogP contribution in [0.4, 0.5) is 10.2 Å². The maximum absolute atomic E-state index is 13.0. The third-order valence-corrected chi connectivity index (χ3v) is 6.33. The standard InChI is InChI=1S/C20H21FN4O7S/c1-4-30-20(27)16-11(2)32-19-17(16)18(22)23-14(24-19)10-31-15(26)9-25(3)33(28,29)13-7-5-12(21)6-8-13/h5-8H,4,9-10H2,1-3H3,(H2,22,23,24). The summed E-state index contributed by atoms with van der Waals surface area (Å²) in [7, 11) is -2.84. The molecule has 0 unspecified atom stereocenters. The molecule has 11 nitrogen and oxygen atoms in total. The van der Waals surface area contributed by atoms with Gasteiger partial charge in [-0.3, -0.25) is 4.79 Å². The van der Waals surface area contributed by atoms with E-state index in [0.29, 0.717) is 0 Å². The summed E-state index contributed by atoms with van der Waals surface area (Å²) in [6, 6.07) is 4.18. The zero-order valence-electron chi connectivity index (χ0n) is 18.0. The lowest BCUT2D eigenvalue weighted by molar-refractivity contribution is -0.145. The van der Waals surface area contributed by atoms with E-state index in [2.05, 4.69) is 9.97 Å². The van der Waals surface area contributed by atoms with Gasteiger partial charge in [-0.25, -0.2) is 22.6 Å². The Morgan fingerprint density at radius 1 is 1.18 bits per heavy atom. The number of aryl methyl sites for hydroxylation is 1. The van der Waals surface area contributed by atoms with Crippen LogP contribution in [-0.2, 0) is 30.9 Å². The minimum Gasteiger partial charge on any atom is -0.462 e. The lowest BCUT2D eigenvalue weighted by Gasteiger charge is -2.16. The van der Waals surface area contributed by atoms with Crippen LogP contribution in [-0.4, -0.2) is 54.8 Å². The SMILES string of the molecule is CCOC(=O)c1c(C)oc2nc(COC(=O)CN(C)S(=O)(=O)c3ccc(F)cc3)nc(N)c12. The van der Waals surface area contributed by atoms with E-state index >= 15 is 0 Å². The van der Waals surface area contributed by atoms with Crippen molar-refractivity contribution in [2.45, 2.75) is 25.3 Å². The van der Waals surface area contributed by atoms with Gasteiger partial charge in [0.2, 0.25) is 15.7 Å². The molecule has 0 aliphatic rings. The van der Waals surface area contributed by atoms with E-state index in [0.717, 1.165) is 28.6 Å². The summed E-state index contributed by atoms with van der Waals surface area (Å²) in [6.45, 7) is 2.34. The number of furan rings is 1. The number of sulfonamides is 1. The van der Waals surface area contributed by atoms with Crippen molar-refractivity contribution in [2.75, 3.05) is 25.9 Å². The predicted molar refractivity (Wildman–Crippen MR) is 113 cm³/mol. The number of carbonyl (C=O) groups is 2. The van der Waals surface area contributed by atoms with E-state index in [1.165, 1.54) is 7.05 Å². The number of fused-ring (bicyclic) bond motifs is 1. The Hall–Kier alpha value is -3.58. The zero-order chi connectivity index (χ0) is 24.3.